The second-order valence-corrected chi connectivity index (χ2v) is 4.89. The van der Waals surface area contributed by atoms with Gasteiger partial charge in [0.2, 0.25) is 0 Å². The Hall–Kier alpha value is -2.88. The van der Waals surface area contributed by atoms with Gasteiger partial charge in [-0.25, -0.2) is 4.98 Å². The summed E-state index contributed by atoms with van der Waals surface area (Å²) in [4.78, 5) is 16.4. The molecule has 0 fully saturated rings. The normalized spacial score (nSPS) is 10.5. The largest absolute Gasteiger partial charge is 0.507 e. The van der Waals surface area contributed by atoms with Gasteiger partial charge in [-0.2, -0.15) is 0 Å². The van der Waals surface area contributed by atoms with E-state index in [0.717, 1.165) is 16.3 Å². The van der Waals surface area contributed by atoms with Crippen molar-refractivity contribution in [2.45, 2.75) is 6.92 Å². The topological polar surface area (TPSA) is 62.2 Å². The molecule has 1 heterocycles. The molecule has 3 aromatic rings. The Morgan fingerprint density at radius 2 is 1.81 bits per heavy atom. The summed E-state index contributed by atoms with van der Waals surface area (Å²) in [7, 11) is 0. The van der Waals surface area contributed by atoms with E-state index in [4.69, 9.17) is 0 Å². The van der Waals surface area contributed by atoms with Gasteiger partial charge in [0.1, 0.15) is 11.6 Å². The molecule has 0 radical (unpaired) electrons. The molecule has 0 unspecified atom stereocenters. The Bertz CT molecular complexity index is 811. The first-order valence-corrected chi connectivity index (χ1v) is 6.59. The number of carbonyl (C=O) groups is 1. The van der Waals surface area contributed by atoms with E-state index in [-0.39, 0.29) is 17.2 Å². The molecular weight excluding hydrogens is 264 g/mol. The number of benzene rings is 2. The molecule has 0 aliphatic heterocycles. The van der Waals surface area contributed by atoms with Crippen LogP contribution in [0.4, 0.5) is 5.82 Å². The number of aromatic hydroxyl groups is 1. The van der Waals surface area contributed by atoms with Gasteiger partial charge in [0.15, 0.2) is 0 Å². The van der Waals surface area contributed by atoms with E-state index in [0.29, 0.717) is 5.82 Å². The number of hydrogen-bond acceptors (Lipinski definition) is 3. The molecule has 0 aliphatic rings. The standard InChI is InChI=1S/C17H14N2O2/c1-11-6-7-16(18-10-11)19-17(21)14-8-12-4-2-3-5-13(12)9-15(14)20/h2-10,20H,1H3,(H,18,19,21). The Kier molecular flexibility index (Phi) is 3.28. The summed E-state index contributed by atoms with van der Waals surface area (Å²) in [6, 6.07) is 14.4. The lowest BCUT2D eigenvalue weighted by atomic mass is 10.1. The van der Waals surface area contributed by atoms with E-state index in [9.17, 15) is 9.90 Å². The highest BCUT2D eigenvalue weighted by Gasteiger charge is 2.13. The van der Waals surface area contributed by atoms with Gasteiger partial charge in [0, 0.05) is 6.20 Å². The first-order valence-electron chi connectivity index (χ1n) is 6.59. The van der Waals surface area contributed by atoms with Gasteiger partial charge in [0.05, 0.1) is 5.56 Å². The number of rotatable bonds is 2. The number of aryl methyl sites for hydroxylation is 1. The third-order valence-corrected chi connectivity index (χ3v) is 3.26. The van der Waals surface area contributed by atoms with E-state index in [2.05, 4.69) is 10.3 Å². The second kappa shape index (κ2) is 5.25. The van der Waals surface area contributed by atoms with Crippen LogP contribution in [0.3, 0.4) is 0 Å². The van der Waals surface area contributed by atoms with Gasteiger partial charge >= 0.3 is 0 Å². The van der Waals surface area contributed by atoms with Crippen molar-refractivity contribution < 1.29 is 9.90 Å². The molecule has 0 saturated heterocycles. The molecule has 0 saturated carbocycles. The molecule has 1 aromatic heterocycles. The van der Waals surface area contributed by atoms with Crippen molar-refractivity contribution in [3.05, 3.63) is 65.9 Å². The number of phenolic OH excluding ortho intramolecular Hbond substituents is 1. The Balaban J connectivity index is 1.93. The number of nitrogens with one attached hydrogen (secondary N) is 1. The zero-order valence-electron chi connectivity index (χ0n) is 11.5. The van der Waals surface area contributed by atoms with Crippen LogP contribution in [0.15, 0.2) is 54.7 Å². The Labute approximate surface area is 122 Å². The lowest BCUT2D eigenvalue weighted by Crippen LogP contribution is -2.13. The fourth-order valence-electron chi connectivity index (χ4n) is 2.14. The molecule has 2 N–H and O–H groups in total. The molecule has 21 heavy (non-hydrogen) atoms. The summed E-state index contributed by atoms with van der Waals surface area (Å²) in [6.45, 7) is 1.92. The highest BCUT2D eigenvalue weighted by atomic mass is 16.3. The zero-order valence-corrected chi connectivity index (χ0v) is 11.5. The monoisotopic (exact) mass is 278 g/mol. The maximum Gasteiger partial charge on any atom is 0.260 e. The average molecular weight is 278 g/mol. The number of phenols is 1. The minimum atomic E-state index is -0.380. The molecule has 1 amide bonds. The lowest BCUT2D eigenvalue weighted by Gasteiger charge is -2.08. The number of amides is 1. The Morgan fingerprint density at radius 1 is 1.10 bits per heavy atom. The molecule has 2 aromatic carbocycles. The van der Waals surface area contributed by atoms with E-state index >= 15 is 0 Å². The summed E-state index contributed by atoms with van der Waals surface area (Å²) < 4.78 is 0. The third kappa shape index (κ3) is 2.69. The van der Waals surface area contributed by atoms with Crippen LogP contribution in [-0.2, 0) is 0 Å². The lowest BCUT2D eigenvalue weighted by molar-refractivity contribution is 0.102. The summed E-state index contributed by atoms with van der Waals surface area (Å²) in [5.41, 5.74) is 1.25. The average Bonchev–Trinajstić information content (AvgIpc) is 2.49. The van der Waals surface area contributed by atoms with Crippen molar-refractivity contribution in [1.82, 2.24) is 4.98 Å². The van der Waals surface area contributed by atoms with Gasteiger partial charge in [0.25, 0.3) is 5.91 Å². The van der Waals surface area contributed by atoms with Gasteiger partial charge < -0.3 is 10.4 Å². The van der Waals surface area contributed by atoms with Crippen LogP contribution in [0.1, 0.15) is 15.9 Å². The number of nitrogens with zero attached hydrogens (tertiary/aromatic N) is 1. The molecular formula is C17H14N2O2. The van der Waals surface area contributed by atoms with Crippen molar-refractivity contribution in [1.29, 1.82) is 0 Å². The number of anilines is 1. The van der Waals surface area contributed by atoms with Crippen molar-refractivity contribution >= 4 is 22.5 Å². The minimum Gasteiger partial charge on any atom is -0.507 e. The first kappa shape index (κ1) is 13.1. The maximum absolute atomic E-state index is 12.3. The molecule has 0 spiro atoms. The van der Waals surface area contributed by atoms with Crippen LogP contribution in [0, 0.1) is 6.92 Å². The van der Waals surface area contributed by atoms with Crippen LogP contribution in [-0.4, -0.2) is 16.0 Å². The van der Waals surface area contributed by atoms with Crippen molar-refractivity contribution in [3.63, 3.8) is 0 Å². The van der Waals surface area contributed by atoms with Crippen LogP contribution in [0.25, 0.3) is 10.8 Å². The number of aromatic nitrogens is 1. The predicted octanol–water partition coefficient (Wildman–Crippen LogP) is 3.50. The highest BCUT2D eigenvalue weighted by Crippen LogP contribution is 2.25. The van der Waals surface area contributed by atoms with E-state index in [1.54, 1.807) is 24.4 Å². The minimum absolute atomic E-state index is 0.0432. The van der Waals surface area contributed by atoms with E-state index < -0.39 is 0 Å². The number of pyridine rings is 1. The summed E-state index contributed by atoms with van der Waals surface area (Å²) >= 11 is 0. The third-order valence-electron chi connectivity index (χ3n) is 3.26. The molecule has 0 atom stereocenters. The smallest absolute Gasteiger partial charge is 0.260 e. The molecule has 3 rings (SSSR count). The zero-order chi connectivity index (χ0) is 14.8. The maximum atomic E-state index is 12.3. The molecule has 0 bridgehead atoms. The van der Waals surface area contributed by atoms with Gasteiger partial charge in [-0.15, -0.1) is 0 Å². The van der Waals surface area contributed by atoms with E-state index in [1.165, 1.54) is 0 Å². The fraction of sp³-hybridized carbons (Fsp3) is 0.0588. The first-order chi connectivity index (χ1) is 10.1. The molecule has 4 nitrogen and oxygen atoms in total. The summed E-state index contributed by atoms with van der Waals surface area (Å²) in [5, 5.41) is 14.5. The molecule has 0 aliphatic carbocycles. The number of fused-ring (bicyclic) bond motifs is 1. The summed E-state index contributed by atoms with van der Waals surface area (Å²) in [5.74, 6) is 0.0334. The fourth-order valence-corrected chi connectivity index (χ4v) is 2.14. The van der Waals surface area contributed by atoms with Crippen LogP contribution >= 0.6 is 0 Å². The number of carbonyl (C=O) groups excluding carboxylic acids is 1. The molecule has 4 heteroatoms. The van der Waals surface area contributed by atoms with Gasteiger partial charge in [-0.3, -0.25) is 4.79 Å². The van der Waals surface area contributed by atoms with Gasteiger partial charge in [-0.1, -0.05) is 30.3 Å². The highest BCUT2D eigenvalue weighted by molar-refractivity contribution is 6.08. The second-order valence-electron chi connectivity index (χ2n) is 4.89. The van der Waals surface area contributed by atoms with Gasteiger partial charge in [-0.05, 0) is 41.5 Å². The van der Waals surface area contributed by atoms with Crippen LogP contribution in [0.2, 0.25) is 0 Å². The SMILES string of the molecule is Cc1ccc(NC(=O)c2cc3ccccc3cc2O)nc1. The van der Waals surface area contributed by atoms with Crippen molar-refractivity contribution in [2.75, 3.05) is 5.32 Å². The quantitative estimate of drug-likeness (QED) is 0.754. The van der Waals surface area contributed by atoms with Crippen LogP contribution < -0.4 is 5.32 Å². The Morgan fingerprint density at radius 3 is 2.48 bits per heavy atom. The van der Waals surface area contributed by atoms with Crippen molar-refractivity contribution in [2.24, 2.45) is 0 Å². The summed E-state index contributed by atoms with van der Waals surface area (Å²) in [6.07, 6.45) is 1.68. The number of hydrogen-bond donors (Lipinski definition) is 2. The predicted molar refractivity (Wildman–Crippen MR) is 82.5 cm³/mol. The van der Waals surface area contributed by atoms with Crippen LogP contribution in [0.5, 0.6) is 5.75 Å². The van der Waals surface area contributed by atoms with Crippen molar-refractivity contribution in [3.8, 4) is 5.75 Å². The molecule has 104 valence electrons. The van der Waals surface area contributed by atoms with E-state index in [1.807, 2.05) is 37.3 Å².